The van der Waals surface area contributed by atoms with E-state index >= 15 is 0 Å². The molecule has 1 rings (SSSR count). The van der Waals surface area contributed by atoms with Crippen molar-refractivity contribution in [1.82, 2.24) is 15.2 Å². The van der Waals surface area contributed by atoms with E-state index in [2.05, 4.69) is 27.4 Å². The predicted octanol–water partition coefficient (Wildman–Crippen LogP) is 0.224. The molecule has 74 valence electrons. The van der Waals surface area contributed by atoms with E-state index in [9.17, 15) is 0 Å². The third-order valence-corrected chi connectivity index (χ3v) is 1.70. The van der Waals surface area contributed by atoms with Crippen molar-refractivity contribution in [3.05, 3.63) is 0 Å². The molecule has 0 aromatic carbocycles. The van der Waals surface area contributed by atoms with Crippen LogP contribution >= 0.6 is 0 Å². The summed E-state index contributed by atoms with van der Waals surface area (Å²) in [5, 5.41) is 9.50. The van der Waals surface area contributed by atoms with Crippen molar-refractivity contribution in [2.75, 3.05) is 24.8 Å². The molecule has 1 aromatic heterocycles. The zero-order chi connectivity index (χ0) is 9.68. The van der Waals surface area contributed by atoms with Gasteiger partial charge < -0.3 is 15.8 Å². The van der Waals surface area contributed by atoms with E-state index in [0.29, 0.717) is 18.5 Å². The lowest BCUT2D eigenvalue weighted by atomic mass is 10.2. The number of nitrogens with zero attached hydrogens (tertiary/aromatic N) is 2. The van der Waals surface area contributed by atoms with Crippen LogP contribution in [0.15, 0.2) is 0 Å². The lowest BCUT2D eigenvalue weighted by molar-refractivity contribution is 0.184. The molecule has 0 fully saturated rings. The zero-order valence-corrected chi connectivity index (χ0v) is 7.87. The first-order chi connectivity index (χ1) is 6.26. The number of methoxy groups -OCH3 is 1. The van der Waals surface area contributed by atoms with Crippen LogP contribution in [0.4, 0.5) is 11.9 Å². The molecule has 13 heavy (non-hydrogen) atoms. The number of aromatic amines is 1. The molecule has 0 saturated heterocycles. The first kappa shape index (κ1) is 9.79. The quantitative estimate of drug-likeness (QED) is 0.610. The topological polar surface area (TPSA) is 88.8 Å². The highest BCUT2D eigenvalue weighted by atomic mass is 16.5. The molecular formula is C7H15N5O. The molecule has 0 saturated carbocycles. The number of hydrogen-bond acceptors (Lipinski definition) is 5. The molecular weight excluding hydrogens is 170 g/mol. The Bertz CT molecular complexity index is 249. The standard InChI is InChI=1S/C7H15N5O/c1-3-5(4-13-2)9-7-10-6(8)11-12-7/h5H,3-4H2,1-2H3,(H4,8,9,10,11,12). The van der Waals surface area contributed by atoms with Crippen LogP contribution in [0.3, 0.4) is 0 Å². The fraction of sp³-hybridized carbons (Fsp3) is 0.714. The molecule has 0 spiro atoms. The SMILES string of the molecule is CCC(COC)Nc1n[nH]c(N)n1. The summed E-state index contributed by atoms with van der Waals surface area (Å²) in [6, 6.07) is 0.222. The number of aromatic nitrogens is 3. The third-order valence-electron chi connectivity index (χ3n) is 1.70. The van der Waals surface area contributed by atoms with E-state index in [1.807, 2.05) is 0 Å². The number of rotatable bonds is 5. The number of anilines is 2. The van der Waals surface area contributed by atoms with Crippen LogP contribution in [0.1, 0.15) is 13.3 Å². The van der Waals surface area contributed by atoms with Crippen LogP contribution in [-0.2, 0) is 4.74 Å². The van der Waals surface area contributed by atoms with Gasteiger partial charge in [0.2, 0.25) is 11.9 Å². The van der Waals surface area contributed by atoms with Gasteiger partial charge in [0.1, 0.15) is 0 Å². The summed E-state index contributed by atoms with van der Waals surface area (Å²) in [4.78, 5) is 3.93. The molecule has 6 nitrogen and oxygen atoms in total. The molecule has 0 aliphatic rings. The first-order valence-electron chi connectivity index (χ1n) is 4.19. The summed E-state index contributed by atoms with van der Waals surface area (Å²) in [6.07, 6.45) is 0.947. The number of H-pyrrole nitrogens is 1. The molecule has 4 N–H and O–H groups in total. The van der Waals surface area contributed by atoms with Crippen LogP contribution < -0.4 is 11.1 Å². The average Bonchev–Trinajstić information content (AvgIpc) is 2.50. The second kappa shape index (κ2) is 4.66. The summed E-state index contributed by atoms with van der Waals surface area (Å²) >= 11 is 0. The number of nitrogen functional groups attached to an aromatic ring is 1. The first-order valence-corrected chi connectivity index (χ1v) is 4.19. The Morgan fingerprint density at radius 1 is 1.69 bits per heavy atom. The normalized spacial score (nSPS) is 12.8. The van der Waals surface area contributed by atoms with E-state index in [-0.39, 0.29) is 6.04 Å². The molecule has 1 aromatic rings. The smallest absolute Gasteiger partial charge is 0.243 e. The van der Waals surface area contributed by atoms with Gasteiger partial charge in [-0.2, -0.15) is 4.98 Å². The number of hydrogen-bond donors (Lipinski definition) is 3. The van der Waals surface area contributed by atoms with Gasteiger partial charge in [-0.3, -0.25) is 0 Å². The zero-order valence-electron chi connectivity index (χ0n) is 7.87. The maximum atomic E-state index is 5.37. The van der Waals surface area contributed by atoms with Crippen LogP contribution in [0.25, 0.3) is 0 Å². The van der Waals surface area contributed by atoms with Gasteiger partial charge in [0.05, 0.1) is 12.6 Å². The van der Waals surface area contributed by atoms with Gasteiger partial charge in [-0.1, -0.05) is 6.92 Å². The van der Waals surface area contributed by atoms with Gasteiger partial charge >= 0.3 is 0 Å². The van der Waals surface area contributed by atoms with Crippen molar-refractivity contribution < 1.29 is 4.74 Å². The van der Waals surface area contributed by atoms with E-state index in [4.69, 9.17) is 10.5 Å². The van der Waals surface area contributed by atoms with Crippen molar-refractivity contribution in [2.24, 2.45) is 0 Å². The van der Waals surface area contributed by atoms with Gasteiger partial charge in [-0.05, 0) is 6.42 Å². The van der Waals surface area contributed by atoms with Crippen molar-refractivity contribution in [3.63, 3.8) is 0 Å². The minimum atomic E-state index is 0.222. The van der Waals surface area contributed by atoms with Crippen molar-refractivity contribution in [1.29, 1.82) is 0 Å². The van der Waals surface area contributed by atoms with Crippen LogP contribution in [0.5, 0.6) is 0 Å². The van der Waals surface area contributed by atoms with Gasteiger partial charge in [-0.25, -0.2) is 5.10 Å². The highest BCUT2D eigenvalue weighted by Gasteiger charge is 2.07. The lowest BCUT2D eigenvalue weighted by Crippen LogP contribution is -2.24. The number of ether oxygens (including phenoxy) is 1. The monoisotopic (exact) mass is 185 g/mol. The fourth-order valence-corrected chi connectivity index (χ4v) is 0.984. The second-order valence-corrected chi connectivity index (χ2v) is 2.75. The van der Waals surface area contributed by atoms with Crippen molar-refractivity contribution in [2.45, 2.75) is 19.4 Å². The van der Waals surface area contributed by atoms with Crippen LogP contribution in [0.2, 0.25) is 0 Å². The van der Waals surface area contributed by atoms with Crippen molar-refractivity contribution in [3.8, 4) is 0 Å². The molecule has 1 heterocycles. The molecule has 0 amide bonds. The Kier molecular flexibility index (Phi) is 3.51. The van der Waals surface area contributed by atoms with Crippen LogP contribution in [-0.4, -0.2) is 34.9 Å². The van der Waals surface area contributed by atoms with Gasteiger partial charge in [0, 0.05) is 7.11 Å². The second-order valence-electron chi connectivity index (χ2n) is 2.75. The highest BCUT2D eigenvalue weighted by molar-refractivity contribution is 5.30. The Morgan fingerprint density at radius 3 is 2.92 bits per heavy atom. The molecule has 1 atom stereocenters. The Labute approximate surface area is 76.9 Å². The average molecular weight is 185 g/mol. The minimum Gasteiger partial charge on any atom is -0.383 e. The molecule has 1 unspecified atom stereocenters. The van der Waals surface area contributed by atoms with E-state index in [1.165, 1.54) is 0 Å². The fourth-order valence-electron chi connectivity index (χ4n) is 0.984. The molecule has 0 radical (unpaired) electrons. The maximum absolute atomic E-state index is 5.37. The molecule has 0 aliphatic carbocycles. The summed E-state index contributed by atoms with van der Waals surface area (Å²) < 4.78 is 5.01. The minimum absolute atomic E-state index is 0.222. The molecule has 6 heteroatoms. The van der Waals surface area contributed by atoms with E-state index in [0.717, 1.165) is 6.42 Å². The summed E-state index contributed by atoms with van der Waals surface area (Å²) in [5.41, 5.74) is 5.37. The Morgan fingerprint density at radius 2 is 2.46 bits per heavy atom. The Balaban J connectivity index is 2.46. The maximum Gasteiger partial charge on any atom is 0.243 e. The van der Waals surface area contributed by atoms with Gasteiger partial charge in [0.15, 0.2) is 0 Å². The van der Waals surface area contributed by atoms with Crippen molar-refractivity contribution >= 4 is 11.9 Å². The molecule has 0 aliphatic heterocycles. The van der Waals surface area contributed by atoms with E-state index in [1.54, 1.807) is 7.11 Å². The lowest BCUT2D eigenvalue weighted by Gasteiger charge is -2.13. The van der Waals surface area contributed by atoms with E-state index < -0.39 is 0 Å². The van der Waals surface area contributed by atoms with Gasteiger partial charge in [-0.15, -0.1) is 5.10 Å². The third kappa shape index (κ3) is 2.90. The largest absolute Gasteiger partial charge is 0.383 e. The number of nitrogens with two attached hydrogens (primary N) is 1. The number of nitrogens with one attached hydrogen (secondary N) is 2. The summed E-state index contributed by atoms with van der Waals surface area (Å²) in [5.74, 6) is 0.830. The predicted molar refractivity (Wildman–Crippen MR) is 50.4 cm³/mol. The summed E-state index contributed by atoms with van der Waals surface area (Å²) in [6.45, 7) is 2.69. The Hall–Kier alpha value is -1.30. The molecule has 0 bridgehead atoms. The van der Waals surface area contributed by atoms with Crippen LogP contribution in [0, 0.1) is 0 Å². The summed E-state index contributed by atoms with van der Waals surface area (Å²) in [7, 11) is 1.66. The van der Waals surface area contributed by atoms with Gasteiger partial charge in [0.25, 0.3) is 0 Å². The highest BCUT2D eigenvalue weighted by Crippen LogP contribution is 2.03.